The molecule has 1 aromatic heterocycles. The predicted octanol–water partition coefficient (Wildman–Crippen LogP) is 2.48. The maximum absolute atomic E-state index is 12.8. The number of aryl methyl sites for hydroxylation is 1. The van der Waals surface area contributed by atoms with Gasteiger partial charge >= 0.3 is 0 Å². The van der Waals surface area contributed by atoms with E-state index in [9.17, 15) is 9.90 Å². The molecule has 4 atom stereocenters. The first-order chi connectivity index (χ1) is 14.0. The minimum atomic E-state index is -0.480. The smallest absolute Gasteiger partial charge is 0.222 e. The molecule has 0 radical (unpaired) electrons. The van der Waals surface area contributed by atoms with E-state index in [1.807, 2.05) is 35.4 Å². The molecule has 2 aromatic rings. The topological polar surface area (TPSA) is 80.5 Å². The van der Waals surface area contributed by atoms with Gasteiger partial charge in [0.15, 0.2) is 0 Å². The van der Waals surface area contributed by atoms with Gasteiger partial charge in [0, 0.05) is 31.6 Å². The number of methoxy groups -OCH3 is 1. The van der Waals surface area contributed by atoms with Crippen LogP contribution in [-0.2, 0) is 22.6 Å². The van der Waals surface area contributed by atoms with Crippen molar-refractivity contribution in [3.05, 3.63) is 46.7 Å². The van der Waals surface area contributed by atoms with Crippen LogP contribution in [-0.4, -0.2) is 57.2 Å². The number of halogens is 1. The van der Waals surface area contributed by atoms with Crippen LogP contribution < -0.4 is 0 Å². The first-order valence-corrected chi connectivity index (χ1v) is 10.5. The Bertz CT molecular complexity index is 858. The number of nitrogens with zero attached hydrogens (tertiary/aromatic N) is 4. The number of rotatable bonds is 6. The molecule has 1 saturated carbocycles. The van der Waals surface area contributed by atoms with E-state index < -0.39 is 6.10 Å². The molecule has 0 spiro atoms. The van der Waals surface area contributed by atoms with E-state index in [1.54, 1.807) is 11.8 Å². The van der Waals surface area contributed by atoms with Crippen LogP contribution in [0.15, 0.2) is 30.5 Å². The Kier molecular flexibility index (Phi) is 6.18. The summed E-state index contributed by atoms with van der Waals surface area (Å²) in [6.07, 6.45) is 3.96. The van der Waals surface area contributed by atoms with E-state index in [0.29, 0.717) is 42.7 Å². The molecule has 1 N–H and O–H groups in total. The summed E-state index contributed by atoms with van der Waals surface area (Å²) in [5.41, 5.74) is 1.76. The third-order valence-electron chi connectivity index (χ3n) is 6.22. The van der Waals surface area contributed by atoms with Gasteiger partial charge in [-0.15, -0.1) is 5.10 Å². The molecule has 0 unspecified atom stereocenters. The minimum absolute atomic E-state index is 0.104. The number of ether oxygens (including phenoxy) is 1. The number of carbonyl (C=O) groups is 1. The van der Waals surface area contributed by atoms with Gasteiger partial charge in [0.2, 0.25) is 5.91 Å². The highest BCUT2D eigenvalue weighted by molar-refractivity contribution is 6.31. The zero-order chi connectivity index (χ0) is 20.4. The highest BCUT2D eigenvalue weighted by atomic mass is 35.5. The van der Waals surface area contributed by atoms with Gasteiger partial charge in [0.1, 0.15) is 5.69 Å². The fourth-order valence-electron chi connectivity index (χ4n) is 4.69. The number of aliphatic hydroxyl groups is 1. The number of fused-ring (bicyclic) bond motifs is 1. The molecular weight excluding hydrogens is 392 g/mol. The minimum Gasteiger partial charge on any atom is -0.391 e. The van der Waals surface area contributed by atoms with E-state index in [0.717, 1.165) is 30.8 Å². The van der Waals surface area contributed by atoms with Crippen LogP contribution in [0.5, 0.6) is 0 Å². The number of aromatic nitrogens is 3. The summed E-state index contributed by atoms with van der Waals surface area (Å²) >= 11 is 6.20. The third-order valence-corrected chi connectivity index (χ3v) is 6.59. The Balaban J connectivity index is 1.35. The van der Waals surface area contributed by atoms with Crippen LogP contribution in [0.2, 0.25) is 5.02 Å². The number of amides is 1. The summed E-state index contributed by atoms with van der Waals surface area (Å²) in [6, 6.07) is 7.56. The quantitative estimate of drug-likeness (QED) is 0.779. The molecule has 1 aromatic carbocycles. The average Bonchev–Trinajstić information content (AvgIpc) is 3.33. The summed E-state index contributed by atoms with van der Waals surface area (Å²) in [4.78, 5) is 14.7. The Morgan fingerprint density at radius 1 is 1.28 bits per heavy atom. The molecule has 1 aliphatic carbocycles. The van der Waals surface area contributed by atoms with Crippen molar-refractivity contribution in [3.63, 3.8) is 0 Å². The molecule has 7 nitrogen and oxygen atoms in total. The van der Waals surface area contributed by atoms with Crippen molar-refractivity contribution in [2.24, 2.45) is 11.8 Å². The summed E-state index contributed by atoms with van der Waals surface area (Å²) < 4.78 is 6.86. The lowest BCUT2D eigenvalue weighted by Gasteiger charge is -2.34. The summed E-state index contributed by atoms with van der Waals surface area (Å²) in [5, 5.41) is 19.7. The second-order valence-electron chi connectivity index (χ2n) is 8.14. The number of aliphatic hydroxyl groups excluding tert-OH is 1. The number of benzene rings is 1. The first kappa shape index (κ1) is 20.3. The largest absolute Gasteiger partial charge is 0.391 e. The lowest BCUT2D eigenvalue weighted by atomic mass is 9.77. The Morgan fingerprint density at radius 3 is 2.79 bits per heavy atom. The number of hydrogen-bond acceptors (Lipinski definition) is 5. The third kappa shape index (κ3) is 4.47. The lowest BCUT2D eigenvalue weighted by molar-refractivity contribution is -0.130. The molecule has 1 amide bonds. The summed E-state index contributed by atoms with van der Waals surface area (Å²) in [6.45, 7) is 1.87. The van der Waals surface area contributed by atoms with Gasteiger partial charge in [-0.3, -0.25) is 4.79 Å². The molecular formula is C21H27ClN4O3. The molecule has 0 bridgehead atoms. The van der Waals surface area contributed by atoms with Crippen LogP contribution in [0.25, 0.3) is 0 Å². The average molecular weight is 419 g/mol. The maximum atomic E-state index is 12.8. The van der Waals surface area contributed by atoms with E-state index in [1.165, 1.54) is 0 Å². The van der Waals surface area contributed by atoms with Gasteiger partial charge < -0.3 is 14.7 Å². The van der Waals surface area contributed by atoms with Gasteiger partial charge in [0.25, 0.3) is 0 Å². The number of hydrogen-bond donors (Lipinski definition) is 1. The highest BCUT2D eigenvalue weighted by Crippen LogP contribution is 2.41. The van der Waals surface area contributed by atoms with Gasteiger partial charge in [-0.05, 0) is 42.7 Å². The number of likely N-dealkylation sites (tertiary alicyclic amines) is 1. The van der Waals surface area contributed by atoms with E-state index in [2.05, 4.69) is 10.3 Å². The van der Waals surface area contributed by atoms with Gasteiger partial charge in [-0.2, -0.15) is 0 Å². The van der Waals surface area contributed by atoms with Crippen molar-refractivity contribution in [1.82, 2.24) is 19.9 Å². The molecule has 2 fully saturated rings. The van der Waals surface area contributed by atoms with Crippen molar-refractivity contribution >= 4 is 17.5 Å². The second kappa shape index (κ2) is 8.81. The monoisotopic (exact) mass is 418 g/mol. The molecule has 1 saturated heterocycles. The first-order valence-electron chi connectivity index (χ1n) is 10.1. The normalized spacial score (nSPS) is 26.5. The maximum Gasteiger partial charge on any atom is 0.222 e. The SMILES string of the molecule is COCc1cn([C@@H]2C[C@@H]3CN(C(=O)CCc4ccccc4Cl)C[C@@H]3C[C@H]2O)nn1. The molecule has 8 heteroatoms. The zero-order valence-electron chi connectivity index (χ0n) is 16.6. The van der Waals surface area contributed by atoms with Gasteiger partial charge in [-0.25, -0.2) is 4.68 Å². The molecule has 29 heavy (non-hydrogen) atoms. The van der Waals surface area contributed by atoms with E-state index >= 15 is 0 Å². The van der Waals surface area contributed by atoms with Gasteiger partial charge in [-0.1, -0.05) is 35.0 Å². The van der Waals surface area contributed by atoms with E-state index in [-0.39, 0.29) is 11.9 Å². The fraction of sp³-hybridized carbons (Fsp3) is 0.571. The standard InChI is InChI=1S/C21H27ClN4O3/c1-29-13-17-12-26(24-23-17)19-8-15-10-25(11-16(15)9-20(19)27)21(28)7-6-14-4-2-3-5-18(14)22/h2-5,12,15-16,19-20,27H,6-11,13H2,1H3/t15-,16+,19-,20-/m1/s1. The molecule has 2 heterocycles. The highest BCUT2D eigenvalue weighted by Gasteiger charge is 2.43. The lowest BCUT2D eigenvalue weighted by Crippen LogP contribution is -2.36. The Hall–Kier alpha value is -1.96. The Labute approximate surface area is 175 Å². The van der Waals surface area contributed by atoms with Crippen molar-refractivity contribution in [3.8, 4) is 0 Å². The Morgan fingerprint density at radius 2 is 2.03 bits per heavy atom. The van der Waals surface area contributed by atoms with Crippen LogP contribution >= 0.6 is 11.6 Å². The second-order valence-corrected chi connectivity index (χ2v) is 8.55. The van der Waals surface area contributed by atoms with Crippen molar-refractivity contribution in [2.75, 3.05) is 20.2 Å². The van der Waals surface area contributed by atoms with E-state index in [4.69, 9.17) is 16.3 Å². The van der Waals surface area contributed by atoms with Crippen molar-refractivity contribution in [1.29, 1.82) is 0 Å². The summed E-state index contributed by atoms with van der Waals surface area (Å²) in [7, 11) is 1.62. The fourth-order valence-corrected chi connectivity index (χ4v) is 4.92. The summed E-state index contributed by atoms with van der Waals surface area (Å²) in [5.74, 6) is 0.878. The predicted molar refractivity (Wildman–Crippen MR) is 108 cm³/mol. The molecule has 1 aliphatic heterocycles. The van der Waals surface area contributed by atoms with Crippen LogP contribution in [0, 0.1) is 11.8 Å². The van der Waals surface area contributed by atoms with Crippen molar-refractivity contribution < 1.29 is 14.6 Å². The van der Waals surface area contributed by atoms with Crippen LogP contribution in [0.3, 0.4) is 0 Å². The van der Waals surface area contributed by atoms with Crippen LogP contribution in [0.4, 0.5) is 0 Å². The van der Waals surface area contributed by atoms with Crippen molar-refractivity contribution in [2.45, 2.75) is 44.4 Å². The molecule has 2 aliphatic rings. The molecule has 156 valence electrons. The zero-order valence-corrected chi connectivity index (χ0v) is 17.3. The van der Waals surface area contributed by atoms with Gasteiger partial charge in [0.05, 0.1) is 24.9 Å². The number of carbonyl (C=O) groups excluding carboxylic acids is 1. The van der Waals surface area contributed by atoms with Crippen LogP contribution in [0.1, 0.15) is 36.6 Å². The molecule has 4 rings (SSSR count).